The summed E-state index contributed by atoms with van der Waals surface area (Å²) in [6.45, 7) is 4.57. The van der Waals surface area contributed by atoms with E-state index in [0.29, 0.717) is 47.7 Å². The third-order valence-corrected chi connectivity index (χ3v) is 8.99. The lowest BCUT2D eigenvalue weighted by Crippen LogP contribution is -2.56. The first kappa shape index (κ1) is 30.1. The highest BCUT2D eigenvalue weighted by molar-refractivity contribution is 7.93. The van der Waals surface area contributed by atoms with E-state index in [1.54, 1.807) is 62.8 Å². The molecule has 0 amide bonds. The summed E-state index contributed by atoms with van der Waals surface area (Å²) < 4.78 is 54.4. The van der Waals surface area contributed by atoms with Crippen molar-refractivity contribution < 1.29 is 27.4 Å². The summed E-state index contributed by atoms with van der Waals surface area (Å²) >= 11 is 0. The molecule has 0 radical (unpaired) electrons. The number of anilines is 1. The Morgan fingerprint density at radius 2 is 1.58 bits per heavy atom. The van der Waals surface area contributed by atoms with Crippen molar-refractivity contribution in [3.63, 3.8) is 0 Å². The van der Waals surface area contributed by atoms with Crippen LogP contribution in [0.5, 0.6) is 17.4 Å². The number of nitrogens with one attached hydrogen (secondary N) is 1. The molecule has 43 heavy (non-hydrogen) atoms. The molecule has 2 atom stereocenters. The lowest BCUT2D eigenvalue weighted by Gasteiger charge is -2.44. The second-order valence-corrected chi connectivity index (χ2v) is 12.0. The van der Waals surface area contributed by atoms with Crippen LogP contribution in [0.2, 0.25) is 0 Å². The average molecular weight is 611 g/mol. The van der Waals surface area contributed by atoms with E-state index in [1.165, 1.54) is 25.9 Å². The molecule has 4 heterocycles. The number of aromatic nitrogens is 6. The minimum atomic E-state index is -4.13. The molecule has 3 aromatic heterocycles. The fourth-order valence-electron chi connectivity index (χ4n) is 4.89. The van der Waals surface area contributed by atoms with Gasteiger partial charge in [-0.2, -0.15) is 0 Å². The van der Waals surface area contributed by atoms with Gasteiger partial charge in [0.05, 0.1) is 33.5 Å². The maximum absolute atomic E-state index is 14.1. The Balaban J connectivity index is 1.60. The molecule has 0 unspecified atom stereocenters. The summed E-state index contributed by atoms with van der Waals surface area (Å²) in [5, 5.41) is 7.59. The van der Waals surface area contributed by atoms with E-state index < -0.39 is 21.3 Å². The Labute approximate surface area is 250 Å². The molecule has 15 heteroatoms. The van der Waals surface area contributed by atoms with Crippen molar-refractivity contribution in [3.05, 3.63) is 60.2 Å². The van der Waals surface area contributed by atoms with E-state index in [-0.39, 0.29) is 17.9 Å². The average Bonchev–Trinajstić information content (AvgIpc) is 3.40. The zero-order valence-electron chi connectivity index (χ0n) is 24.8. The standard InChI is InChI=1S/C28H34N8O6S/c1-17-13-29-26(30-14-17)24(35-15-19(16-35)39-3)18(2)43(37,38)34-28-33-32-27(20-9-7-12-23(31-20)42-6)36(28)25-21(40-4)10-8-11-22(25)41-5/h7-14,18-19,24H,15-16H2,1-6H3,(H,33,34)/t18-,24-/m0/s1. The molecule has 0 aliphatic carbocycles. The molecular formula is C28H34N8O6S. The molecule has 14 nitrogen and oxygen atoms in total. The predicted molar refractivity (Wildman–Crippen MR) is 158 cm³/mol. The van der Waals surface area contributed by atoms with Crippen LogP contribution >= 0.6 is 0 Å². The van der Waals surface area contributed by atoms with E-state index in [4.69, 9.17) is 18.9 Å². The lowest BCUT2D eigenvalue weighted by atomic mass is 10.0. The van der Waals surface area contributed by atoms with E-state index in [9.17, 15) is 8.42 Å². The van der Waals surface area contributed by atoms with Crippen molar-refractivity contribution in [3.8, 4) is 34.6 Å². The maximum atomic E-state index is 14.1. The van der Waals surface area contributed by atoms with Crippen LogP contribution in [0.15, 0.2) is 48.8 Å². The summed E-state index contributed by atoms with van der Waals surface area (Å²) in [6.07, 6.45) is 3.34. The van der Waals surface area contributed by atoms with Crippen molar-refractivity contribution in [2.24, 2.45) is 0 Å². The number of rotatable bonds is 12. The first-order valence-corrected chi connectivity index (χ1v) is 15.0. The summed E-state index contributed by atoms with van der Waals surface area (Å²) in [6, 6.07) is 9.71. The van der Waals surface area contributed by atoms with Gasteiger partial charge in [-0.25, -0.2) is 23.4 Å². The number of para-hydroxylation sites is 1. The van der Waals surface area contributed by atoms with Gasteiger partial charge < -0.3 is 18.9 Å². The van der Waals surface area contributed by atoms with Crippen LogP contribution < -0.4 is 18.9 Å². The van der Waals surface area contributed by atoms with Gasteiger partial charge >= 0.3 is 0 Å². The number of benzene rings is 1. The quantitative estimate of drug-likeness (QED) is 0.251. The molecule has 1 aromatic carbocycles. The molecule has 228 valence electrons. The molecule has 0 bridgehead atoms. The Morgan fingerprint density at radius 1 is 0.930 bits per heavy atom. The van der Waals surface area contributed by atoms with Gasteiger partial charge in [-0.1, -0.05) is 12.1 Å². The molecule has 0 spiro atoms. The molecule has 1 aliphatic heterocycles. The van der Waals surface area contributed by atoms with Gasteiger partial charge in [0.25, 0.3) is 0 Å². The van der Waals surface area contributed by atoms with Crippen LogP contribution in [0.3, 0.4) is 0 Å². The number of aryl methyl sites for hydroxylation is 1. The highest BCUT2D eigenvalue weighted by Gasteiger charge is 2.43. The Morgan fingerprint density at radius 3 is 2.19 bits per heavy atom. The topological polar surface area (TPSA) is 156 Å². The van der Waals surface area contributed by atoms with Gasteiger partial charge in [-0.3, -0.25) is 14.2 Å². The van der Waals surface area contributed by atoms with Gasteiger partial charge in [-0.15, -0.1) is 10.2 Å². The van der Waals surface area contributed by atoms with Crippen LogP contribution in [0, 0.1) is 6.92 Å². The second-order valence-electron chi connectivity index (χ2n) is 9.99. The number of hydrogen-bond donors (Lipinski definition) is 1. The summed E-state index contributed by atoms with van der Waals surface area (Å²) in [5.74, 6) is 1.68. The van der Waals surface area contributed by atoms with Gasteiger partial charge in [0.2, 0.25) is 21.9 Å². The third kappa shape index (κ3) is 5.96. The number of hydrogen-bond acceptors (Lipinski definition) is 12. The van der Waals surface area contributed by atoms with Crippen LogP contribution in [-0.2, 0) is 14.8 Å². The van der Waals surface area contributed by atoms with E-state index in [1.807, 2.05) is 11.8 Å². The smallest absolute Gasteiger partial charge is 0.243 e. The van der Waals surface area contributed by atoms with Gasteiger partial charge in [0, 0.05) is 38.7 Å². The first-order chi connectivity index (χ1) is 20.7. The van der Waals surface area contributed by atoms with Crippen molar-refractivity contribution in [1.29, 1.82) is 0 Å². The minimum Gasteiger partial charge on any atom is -0.494 e. The number of likely N-dealkylation sites (tertiary alicyclic amines) is 1. The van der Waals surface area contributed by atoms with Gasteiger partial charge in [-0.05, 0) is 37.6 Å². The monoisotopic (exact) mass is 610 g/mol. The van der Waals surface area contributed by atoms with E-state index in [0.717, 1.165) is 5.56 Å². The molecular weight excluding hydrogens is 576 g/mol. The first-order valence-electron chi connectivity index (χ1n) is 13.5. The number of methoxy groups -OCH3 is 4. The van der Waals surface area contributed by atoms with Crippen molar-refractivity contribution >= 4 is 16.0 Å². The SMILES string of the molecule is COc1cccc(-c2nnc(NS(=O)(=O)[C@@H](C)[C@@H](c3ncc(C)cn3)N3CC(OC)C3)n2-c2c(OC)cccc2OC)n1. The van der Waals surface area contributed by atoms with Crippen LogP contribution in [0.1, 0.15) is 24.4 Å². The largest absolute Gasteiger partial charge is 0.494 e. The Hall–Kier alpha value is -4.34. The number of sulfonamides is 1. The van der Waals surface area contributed by atoms with Crippen LogP contribution in [-0.4, -0.2) is 95.9 Å². The number of ether oxygens (including phenoxy) is 4. The second kappa shape index (κ2) is 12.5. The van der Waals surface area contributed by atoms with Gasteiger partial charge in [0.1, 0.15) is 34.0 Å². The zero-order valence-corrected chi connectivity index (χ0v) is 25.6. The minimum absolute atomic E-state index is 0.00478. The summed E-state index contributed by atoms with van der Waals surface area (Å²) in [7, 11) is 2.01. The fourth-order valence-corrected chi connectivity index (χ4v) is 6.10. The Kier molecular flexibility index (Phi) is 8.75. The van der Waals surface area contributed by atoms with Crippen molar-refractivity contribution in [1.82, 2.24) is 34.6 Å². The molecule has 1 aliphatic rings. The molecule has 5 rings (SSSR count). The summed E-state index contributed by atoms with van der Waals surface area (Å²) in [4.78, 5) is 15.4. The van der Waals surface area contributed by atoms with Crippen molar-refractivity contribution in [2.45, 2.75) is 31.2 Å². The lowest BCUT2D eigenvalue weighted by molar-refractivity contribution is -0.0530. The normalized spacial score (nSPS) is 15.4. The molecule has 1 saturated heterocycles. The number of pyridine rings is 1. The predicted octanol–water partition coefficient (Wildman–Crippen LogP) is 2.66. The molecule has 1 N–H and O–H groups in total. The molecule has 4 aromatic rings. The number of nitrogens with zero attached hydrogens (tertiary/aromatic N) is 7. The zero-order chi connectivity index (χ0) is 30.7. The third-order valence-electron chi connectivity index (χ3n) is 7.29. The molecule has 1 fully saturated rings. The van der Waals surface area contributed by atoms with Crippen LogP contribution in [0.4, 0.5) is 5.95 Å². The fraction of sp³-hybridized carbons (Fsp3) is 0.393. The highest BCUT2D eigenvalue weighted by Crippen LogP contribution is 2.38. The van der Waals surface area contributed by atoms with E-state index >= 15 is 0 Å². The maximum Gasteiger partial charge on any atom is 0.243 e. The highest BCUT2D eigenvalue weighted by atomic mass is 32.2. The Bertz CT molecular complexity index is 1650. The van der Waals surface area contributed by atoms with Gasteiger partial charge in [0.15, 0.2) is 5.82 Å². The summed E-state index contributed by atoms with van der Waals surface area (Å²) in [5.41, 5.74) is 1.63. The van der Waals surface area contributed by atoms with Crippen LogP contribution in [0.25, 0.3) is 17.2 Å². The van der Waals surface area contributed by atoms with E-state index in [2.05, 4.69) is 29.9 Å². The van der Waals surface area contributed by atoms with Crippen molar-refractivity contribution in [2.75, 3.05) is 46.3 Å². The molecule has 0 saturated carbocycles.